The van der Waals surface area contributed by atoms with Crippen LogP contribution in [-0.4, -0.2) is 35.2 Å². The number of carbonyl (C=O) groups excluding carboxylic acids is 3. The molecule has 1 saturated heterocycles. The monoisotopic (exact) mass is 423 g/mol. The Balaban J connectivity index is 1.37. The van der Waals surface area contributed by atoms with Crippen LogP contribution in [-0.2, 0) is 9.59 Å². The summed E-state index contributed by atoms with van der Waals surface area (Å²) >= 11 is 0. The Labute approximate surface area is 182 Å². The van der Waals surface area contributed by atoms with Gasteiger partial charge in [0.05, 0.1) is 12.2 Å². The fourth-order valence-electron chi connectivity index (χ4n) is 4.74. The lowest BCUT2D eigenvalue weighted by atomic mass is 9.77. The third kappa shape index (κ3) is 4.65. The standard InChI is InChI=1S/C24H29N3O4/c1-15-6-3-9-20(16(15)2)27-14-17(12-22(27)28)23(29)25-18-7-4-8-19(13-18)26-24(30)21-10-5-11-31-21/h4-5,7-8,10-11,13,15-17,20H,3,6,9,12,14H2,1-2H3,(H,25,29)(H,26,30)/t15-,16-,17-,20+/m1/s1. The van der Waals surface area contributed by atoms with Crippen molar-refractivity contribution in [2.75, 3.05) is 17.2 Å². The van der Waals surface area contributed by atoms with Crippen molar-refractivity contribution in [2.24, 2.45) is 17.8 Å². The van der Waals surface area contributed by atoms with Gasteiger partial charge in [-0.25, -0.2) is 0 Å². The number of hydrogen-bond donors (Lipinski definition) is 2. The van der Waals surface area contributed by atoms with Crippen LogP contribution in [0.25, 0.3) is 0 Å². The molecule has 1 aromatic heterocycles. The van der Waals surface area contributed by atoms with Gasteiger partial charge in [-0.15, -0.1) is 0 Å². The molecule has 4 rings (SSSR count). The zero-order valence-corrected chi connectivity index (χ0v) is 18.0. The first-order valence-corrected chi connectivity index (χ1v) is 11.0. The molecule has 164 valence electrons. The minimum Gasteiger partial charge on any atom is -0.459 e. The van der Waals surface area contributed by atoms with Gasteiger partial charge in [0.2, 0.25) is 11.8 Å². The molecule has 31 heavy (non-hydrogen) atoms. The Kier molecular flexibility index (Phi) is 6.11. The second-order valence-corrected chi connectivity index (χ2v) is 8.78. The molecule has 2 heterocycles. The van der Waals surface area contributed by atoms with E-state index >= 15 is 0 Å². The lowest BCUT2D eigenvalue weighted by Gasteiger charge is -2.40. The first-order valence-electron chi connectivity index (χ1n) is 11.0. The maximum Gasteiger partial charge on any atom is 0.291 e. The molecule has 1 saturated carbocycles. The molecule has 2 fully saturated rings. The van der Waals surface area contributed by atoms with Gasteiger partial charge in [-0.05, 0) is 48.6 Å². The van der Waals surface area contributed by atoms with Crippen molar-refractivity contribution in [2.45, 2.75) is 45.6 Å². The Morgan fingerprint density at radius 1 is 1.06 bits per heavy atom. The largest absolute Gasteiger partial charge is 0.459 e. The highest BCUT2D eigenvalue weighted by molar-refractivity contribution is 6.03. The molecule has 2 N–H and O–H groups in total. The Hall–Kier alpha value is -3.09. The molecule has 1 aliphatic heterocycles. The van der Waals surface area contributed by atoms with Gasteiger partial charge in [-0.3, -0.25) is 14.4 Å². The van der Waals surface area contributed by atoms with Crippen LogP contribution in [0.15, 0.2) is 47.1 Å². The fourth-order valence-corrected chi connectivity index (χ4v) is 4.74. The number of rotatable bonds is 5. The number of benzene rings is 1. The SMILES string of the molecule is C[C@@H]1[C@H](C)CCC[C@@H]1N1C[C@H](C(=O)Nc2cccc(NC(=O)c3ccco3)c2)CC1=O. The van der Waals surface area contributed by atoms with Crippen molar-refractivity contribution in [3.05, 3.63) is 48.4 Å². The van der Waals surface area contributed by atoms with Crippen molar-refractivity contribution >= 4 is 29.1 Å². The van der Waals surface area contributed by atoms with E-state index in [4.69, 9.17) is 4.42 Å². The van der Waals surface area contributed by atoms with Gasteiger partial charge in [0.25, 0.3) is 5.91 Å². The van der Waals surface area contributed by atoms with Crippen LogP contribution in [0.3, 0.4) is 0 Å². The van der Waals surface area contributed by atoms with Crippen LogP contribution < -0.4 is 10.6 Å². The van der Waals surface area contributed by atoms with Gasteiger partial charge in [-0.2, -0.15) is 0 Å². The number of amides is 3. The van der Waals surface area contributed by atoms with Crippen molar-refractivity contribution in [1.29, 1.82) is 0 Å². The van der Waals surface area contributed by atoms with E-state index < -0.39 is 0 Å². The number of nitrogens with zero attached hydrogens (tertiary/aromatic N) is 1. The Morgan fingerprint density at radius 3 is 2.58 bits per heavy atom. The summed E-state index contributed by atoms with van der Waals surface area (Å²) in [6.45, 7) is 4.94. The predicted molar refractivity (Wildman–Crippen MR) is 118 cm³/mol. The van der Waals surface area contributed by atoms with Crippen molar-refractivity contribution < 1.29 is 18.8 Å². The molecule has 2 aromatic rings. The third-order valence-corrected chi connectivity index (χ3v) is 6.73. The van der Waals surface area contributed by atoms with E-state index in [-0.39, 0.29) is 41.9 Å². The number of furan rings is 1. The summed E-state index contributed by atoms with van der Waals surface area (Å²) in [5, 5.41) is 5.65. The molecule has 2 aliphatic rings. The fraction of sp³-hybridized carbons (Fsp3) is 0.458. The zero-order chi connectivity index (χ0) is 22.0. The molecule has 0 spiro atoms. The Bertz CT molecular complexity index is 955. The molecule has 7 nitrogen and oxygen atoms in total. The number of anilines is 2. The highest BCUT2D eigenvalue weighted by Crippen LogP contribution is 2.36. The Morgan fingerprint density at radius 2 is 1.84 bits per heavy atom. The molecular weight excluding hydrogens is 394 g/mol. The predicted octanol–water partition coefficient (Wildman–Crippen LogP) is 4.14. The quantitative estimate of drug-likeness (QED) is 0.756. The summed E-state index contributed by atoms with van der Waals surface area (Å²) in [5.41, 5.74) is 1.13. The van der Waals surface area contributed by atoms with Crippen LogP contribution in [0.2, 0.25) is 0 Å². The molecule has 4 atom stereocenters. The number of hydrogen-bond acceptors (Lipinski definition) is 4. The molecule has 7 heteroatoms. The zero-order valence-electron chi connectivity index (χ0n) is 18.0. The van der Waals surface area contributed by atoms with E-state index in [2.05, 4.69) is 24.5 Å². The van der Waals surface area contributed by atoms with E-state index in [1.807, 2.05) is 4.90 Å². The second-order valence-electron chi connectivity index (χ2n) is 8.78. The normalized spacial score (nSPS) is 26.0. The van der Waals surface area contributed by atoms with Crippen LogP contribution in [0.1, 0.15) is 50.1 Å². The van der Waals surface area contributed by atoms with E-state index in [0.29, 0.717) is 29.8 Å². The van der Waals surface area contributed by atoms with Gasteiger partial charge in [0, 0.05) is 30.4 Å². The van der Waals surface area contributed by atoms with E-state index in [1.165, 1.54) is 12.7 Å². The lowest BCUT2D eigenvalue weighted by molar-refractivity contribution is -0.131. The highest BCUT2D eigenvalue weighted by Gasteiger charge is 2.41. The van der Waals surface area contributed by atoms with E-state index in [1.54, 1.807) is 36.4 Å². The minimum atomic E-state index is -0.363. The second kappa shape index (κ2) is 8.96. The molecule has 0 unspecified atom stereocenters. The number of nitrogens with one attached hydrogen (secondary N) is 2. The summed E-state index contributed by atoms with van der Waals surface area (Å²) in [6.07, 6.45) is 5.04. The van der Waals surface area contributed by atoms with Gasteiger partial charge < -0.3 is 20.0 Å². The summed E-state index contributed by atoms with van der Waals surface area (Å²) in [5.74, 6) is 0.449. The molecule has 1 aromatic carbocycles. The molecule has 0 radical (unpaired) electrons. The summed E-state index contributed by atoms with van der Waals surface area (Å²) in [4.78, 5) is 39.6. The van der Waals surface area contributed by atoms with Crippen LogP contribution in [0.5, 0.6) is 0 Å². The lowest BCUT2D eigenvalue weighted by Crippen LogP contribution is -2.45. The van der Waals surface area contributed by atoms with Crippen LogP contribution in [0.4, 0.5) is 11.4 Å². The van der Waals surface area contributed by atoms with E-state index in [9.17, 15) is 14.4 Å². The number of likely N-dealkylation sites (tertiary alicyclic amines) is 1. The minimum absolute atomic E-state index is 0.0746. The summed E-state index contributed by atoms with van der Waals surface area (Å²) in [6, 6.07) is 10.4. The summed E-state index contributed by atoms with van der Waals surface area (Å²) < 4.78 is 5.10. The third-order valence-electron chi connectivity index (χ3n) is 6.73. The van der Waals surface area contributed by atoms with Gasteiger partial charge >= 0.3 is 0 Å². The maximum atomic E-state index is 12.9. The van der Waals surface area contributed by atoms with Crippen LogP contribution in [0, 0.1) is 17.8 Å². The molecular formula is C24H29N3O4. The molecule has 1 aliphatic carbocycles. The maximum absolute atomic E-state index is 12.9. The summed E-state index contributed by atoms with van der Waals surface area (Å²) in [7, 11) is 0. The van der Waals surface area contributed by atoms with Crippen molar-refractivity contribution in [3.63, 3.8) is 0 Å². The van der Waals surface area contributed by atoms with E-state index in [0.717, 1.165) is 12.8 Å². The first-order chi connectivity index (χ1) is 14.9. The topological polar surface area (TPSA) is 91.7 Å². The van der Waals surface area contributed by atoms with Gasteiger partial charge in [0.1, 0.15) is 0 Å². The van der Waals surface area contributed by atoms with Crippen LogP contribution >= 0.6 is 0 Å². The number of carbonyl (C=O) groups is 3. The van der Waals surface area contributed by atoms with Crippen molar-refractivity contribution in [1.82, 2.24) is 4.90 Å². The highest BCUT2D eigenvalue weighted by atomic mass is 16.3. The first kappa shape index (κ1) is 21.2. The molecule has 0 bridgehead atoms. The average Bonchev–Trinajstić information content (AvgIpc) is 3.41. The smallest absolute Gasteiger partial charge is 0.291 e. The van der Waals surface area contributed by atoms with Gasteiger partial charge in [-0.1, -0.05) is 32.8 Å². The molecule has 3 amide bonds. The van der Waals surface area contributed by atoms with Gasteiger partial charge in [0.15, 0.2) is 5.76 Å². The van der Waals surface area contributed by atoms with Crippen molar-refractivity contribution in [3.8, 4) is 0 Å². The average molecular weight is 424 g/mol.